The van der Waals surface area contributed by atoms with E-state index in [0.717, 1.165) is 11.4 Å². The molecule has 0 amide bonds. The van der Waals surface area contributed by atoms with Crippen molar-refractivity contribution in [2.24, 2.45) is 7.05 Å². The van der Waals surface area contributed by atoms with Gasteiger partial charge in [-0.2, -0.15) is 0 Å². The fraction of sp³-hybridized carbons (Fsp3) is 0.400. The molecule has 7 nitrogen and oxygen atoms in total. The number of rotatable bonds is 1. The monoisotopic (exact) mass is 516 g/mol. The maximum absolute atomic E-state index is 11.6. The number of benzene rings is 1. The molecule has 0 radical (unpaired) electrons. The molecule has 2 aromatic rings. The Morgan fingerprint density at radius 2 is 1.21 bits per heavy atom. The molecule has 0 aliphatic heterocycles. The largest absolute Gasteiger partial charge is 0.365 e. The number of aryl methyl sites for hydroxylation is 1. The number of aromatic nitrogens is 2. The zero-order valence-electron chi connectivity index (χ0n) is 14.5. The van der Waals surface area contributed by atoms with Gasteiger partial charge in [-0.25, -0.2) is 4.68 Å². The molecular formula is C15H18Cl6N2O5. The van der Waals surface area contributed by atoms with Crippen molar-refractivity contribution in [3.63, 3.8) is 0 Å². The fourth-order valence-corrected chi connectivity index (χ4v) is 1.51. The summed E-state index contributed by atoms with van der Waals surface area (Å²) < 4.78 is -0.451. The van der Waals surface area contributed by atoms with Crippen molar-refractivity contribution < 1.29 is 20.4 Å². The van der Waals surface area contributed by atoms with E-state index in [4.69, 9.17) is 90.0 Å². The number of nitrogens with zero attached hydrogens (tertiary/aromatic N) is 2. The lowest BCUT2D eigenvalue weighted by Crippen LogP contribution is -2.23. The smallest absolute Gasteiger partial charge is 0.271 e. The van der Waals surface area contributed by atoms with E-state index < -0.39 is 20.2 Å². The van der Waals surface area contributed by atoms with E-state index in [9.17, 15) is 4.79 Å². The minimum atomic E-state index is -1.97. The molecular weight excluding hydrogens is 501 g/mol. The summed E-state index contributed by atoms with van der Waals surface area (Å²) in [5, 5.41) is 32.2. The second-order valence-electron chi connectivity index (χ2n) is 5.13. The first-order valence-electron chi connectivity index (χ1n) is 7.25. The molecule has 0 bridgehead atoms. The van der Waals surface area contributed by atoms with Gasteiger partial charge < -0.3 is 20.4 Å². The van der Waals surface area contributed by atoms with E-state index in [1.807, 2.05) is 49.0 Å². The molecule has 13 heteroatoms. The third-order valence-electron chi connectivity index (χ3n) is 2.94. The minimum absolute atomic E-state index is 0.0104. The molecule has 160 valence electrons. The fourth-order valence-electron chi connectivity index (χ4n) is 1.51. The number of aliphatic hydroxyl groups excluding tert-OH is 2. The van der Waals surface area contributed by atoms with Crippen LogP contribution in [0.2, 0.25) is 0 Å². The molecule has 0 saturated heterocycles. The highest BCUT2D eigenvalue weighted by atomic mass is 35.6. The normalized spacial score (nSPS) is 11.6. The first-order chi connectivity index (χ1) is 12.6. The van der Waals surface area contributed by atoms with Crippen molar-refractivity contribution in [2.75, 3.05) is 0 Å². The van der Waals surface area contributed by atoms with Crippen molar-refractivity contribution in [3.8, 4) is 5.69 Å². The van der Waals surface area contributed by atoms with Gasteiger partial charge in [-0.1, -0.05) is 87.8 Å². The van der Waals surface area contributed by atoms with Crippen LogP contribution < -0.4 is 5.56 Å². The van der Waals surface area contributed by atoms with Gasteiger partial charge in [-0.15, -0.1) is 0 Å². The van der Waals surface area contributed by atoms with Gasteiger partial charge >= 0.3 is 0 Å². The molecule has 2 rings (SSSR count). The van der Waals surface area contributed by atoms with Crippen molar-refractivity contribution in [2.45, 2.75) is 27.1 Å². The summed E-state index contributed by atoms with van der Waals surface area (Å²) in [7, 11) is 1.88. The zero-order chi connectivity index (χ0) is 22.3. The van der Waals surface area contributed by atoms with Gasteiger partial charge in [0.05, 0.1) is 5.69 Å². The van der Waals surface area contributed by atoms with Crippen molar-refractivity contribution in [1.82, 2.24) is 9.36 Å². The van der Waals surface area contributed by atoms with E-state index in [0.29, 0.717) is 0 Å². The van der Waals surface area contributed by atoms with Crippen LogP contribution >= 0.6 is 69.6 Å². The third-order valence-corrected chi connectivity index (χ3v) is 4.11. The summed E-state index contributed by atoms with van der Waals surface area (Å²) >= 11 is 29.4. The van der Waals surface area contributed by atoms with Crippen LogP contribution in [0.5, 0.6) is 0 Å². The number of para-hydroxylation sites is 1. The predicted octanol–water partition coefficient (Wildman–Crippen LogP) is 2.82. The summed E-state index contributed by atoms with van der Waals surface area (Å²) in [6.07, 6.45) is -3.81. The summed E-state index contributed by atoms with van der Waals surface area (Å²) in [5.41, 5.74) is 1.86. The SMILES string of the molecule is Cc1cc(=O)n(-c2ccccc2)n1C.OC(O)C(Cl)(Cl)Cl.OC(O)C(Cl)(Cl)Cl. The highest BCUT2D eigenvalue weighted by Gasteiger charge is 2.28. The highest BCUT2D eigenvalue weighted by molar-refractivity contribution is 6.68. The van der Waals surface area contributed by atoms with E-state index >= 15 is 0 Å². The van der Waals surface area contributed by atoms with Crippen LogP contribution in [0, 0.1) is 6.92 Å². The molecule has 0 aliphatic carbocycles. The van der Waals surface area contributed by atoms with Crippen LogP contribution in [0.1, 0.15) is 5.69 Å². The first kappa shape index (κ1) is 27.8. The summed E-state index contributed by atoms with van der Waals surface area (Å²) in [5.74, 6) is 0. The second kappa shape index (κ2) is 11.9. The van der Waals surface area contributed by atoms with Crippen LogP contribution in [0.25, 0.3) is 5.69 Å². The molecule has 0 spiro atoms. The van der Waals surface area contributed by atoms with E-state index in [1.54, 1.807) is 10.7 Å². The van der Waals surface area contributed by atoms with Crippen molar-refractivity contribution in [1.29, 1.82) is 0 Å². The Hall–Kier alpha value is -0.190. The Morgan fingerprint density at radius 1 is 0.857 bits per heavy atom. The van der Waals surface area contributed by atoms with Gasteiger partial charge in [0, 0.05) is 18.8 Å². The number of hydrogen-bond acceptors (Lipinski definition) is 5. The van der Waals surface area contributed by atoms with Gasteiger partial charge in [0.1, 0.15) is 0 Å². The van der Waals surface area contributed by atoms with Crippen LogP contribution in [-0.4, -0.2) is 50.0 Å². The molecule has 0 atom stereocenters. The average molecular weight is 519 g/mol. The summed E-state index contributed by atoms with van der Waals surface area (Å²) in [6.45, 7) is 1.92. The zero-order valence-corrected chi connectivity index (χ0v) is 19.0. The highest BCUT2D eigenvalue weighted by Crippen LogP contribution is 2.28. The Morgan fingerprint density at radius 3 is 1.46 bits per heavy atom. The minimum Gasteiger partial charge on any atom is -0.365 e. The lowest BCUT2D eigenvalue weighted by atomic mass is 10.3. The van der Waals surface area contributed by atoms with Gasteiger partial charge in [-0.05, 0) is 19.1 Å². The molecule has 28 heavy (non-hydrogen) atoms. The second-order valence-corrected chi connectivity index (χ2v) is 9.86. The molecule has 1 aromatic heterocycles. The van der Waals surface area contributed by atoms with Crippen LogP contribution in [0.4, 0.5) is 0 Å². The quantitative estimate of drug-likeness (QED) is 0.343. The first-order valence-corrected chi connectivity index (χ1v) is 9.52. The number of alkyl halides is 6. The number of hydrogen-bond donors (Lipinski definition) is 4. The van der Waals surface area contributed by atoms with Crippen LogP contribution in [0.15, 0.2) is 41.2 Å². The molecule has 1 aromatic carbocycles. The lowest BCUT2D eigenvalue weighted by molar-refractivity contribution is -0.0361. The molecule has 0 saturated carbocycles. The van der Waals surface area contributed by atoms with Crippen LogP contribution in [0.3, 0.4) is 0 Å². The molecule has 0 unspecified atom stereocenters. The van der Waals surface area contributed by atoms with Gasteiger partial charge in [0.15, 0.2) is 12.6 Å². The van der Waals surface area contributed by atoms with E-state index in [-0.39, 0.29) is 5.56 Å². The van der Waals surface area contributed by atoms with E-state index in [1.165, 1.54) is 0 Å². The van der Waals surface area contributed by atoms with Crippen molar-refractivity contribution in [3.05, 3.63) is 52.4 Å². The number of aliphatic hydroxyl groups is 4. The van der Waals surface area contributed by atoms with Crippen molar-refractivity contribution >= 4 is 69.6 Å². The average Bonchev–Trinajstić information content (AvgIpc) is 2.80. The Balaban J connectivity index is 0.000000444. The molecule has 4 N–H and O–H groups in total. The van der Waals surface area contributed by atoms with Crippen LogP contribution in [-0.2, 0) is 7.05 Å². The molecule has 1 heterocycles. The van der Waals surface area contributed by atoms with E-state index in [2.05, 4.69) is 0 Å². The molecule has 0 aliphatic rings. The maximum atomic E-state index is 11.6. The standard InChI is InChI=1S/C11H12N2O.2C2H3Cl3O2/c1-9-8-11(14)13(12(9)2)10-6-4-3-5-7-10;2*3-2(4,5)1(6)7/h3-8H,1-2H3;2*1,6-7H. The Labute approximate surface area is 191 Å². The van der Waals surface area contributed by atoms with Gasteiger partial charge in [0.25, 0.3) is 5.56 Å². The van der Waals surface area contributed by atoms with Gasteiger partial charge in [0.2, 0.25) is 7.59 Å². The summed E-state index contributed by atoms with van der Waals surface area (Å²) in [6, 6.07) is 11.2. The summed E-state index contributed by atoms with van der Waals surface area (Å²) in [4.78, 5) is 11.6. The van der Waals surface area contributed by atoms with Gasteiger partial charge in [-0.3, -0.25) is 9.48 Å². The lowest BCUT2D eigenvalue weighted by Gasteiger charge is -2.10. The number of halogens is 6. The molecule has 0 fully saturated rings. The third kappa shape index (κ3) is 10.0. The Bertz CT molecular complexity index is 748. The maximum Gasteiger partial charge on any atom is 0.271 e. The Kier molecular flexibility index (Phi) is 11.8. The predicted molar refractivity (Wildman–Crippen MR) is 113 cm³/mol. The topological polar surface area (TPSA) is 108 Å².